The number of likely N-dealkylation sites (tertiary alicyclic amines) is 1. The molecule has 27 heavy (non-hydrogen) atoms. The molecule has 1 aromatic heterocycles. The Kier molecular flexibility index (Phi) is 4.34. The second-order valence-electron chi connectivity index (χ2n) is 7.80. The lowest BCUT2D eigenvalue weighted by Crippen LogP contribution is -2.51. The van der Waals surface area contributed by atoms with Crippen molar-refractivity contribution in [1.29, 1.82) is 0 Å². The monoisotopic (exact) mass is 371 g/mol. The quantitative estimate of drug-likeness (QED) is 0.847. The molecule has 3 heterocycles. The zero-order valence-corrected chi connectivity index (χ0v) is 15.6. The van der Waals surface area contributed by atoms with Gasteiger partial charge in [0.15, 0.2) is 5.75 Å². The Labute approximate surface area is 158 Å². The first kappa shape index (κ1) is 17.9. The number of nitrogens with zero attached hydrogens (tertiary/aromatic N) is 3. The summed E-state index contributed by atoms with van der Waals surface area (Å²) in [4.78, 5) is 14.5. The van der Waals surface area contributed by atoms with Gasteiger partial charge in [0.25, 0.3) is 5.91 Å². The molecule has 0 aliphatic carbocycles. The third kappa shape index (κ3) is 3.27. The molecule has 1 amide bonds. The molecule has 1 spiro atoms. The van der Waals surface area contributed by atoms with Gasteiger partial charge in [-0.2, -0.15) is 5.10 Å². The van der Waals surface area contributed by atoms with Crippen LogP contribution < -0.4 is 4.74 Å². The van der Waals surface area contributed by atoms with Crippen molar-refractivity contribution in [2.24, 2.45) is 0 Å². The number of ether oxygens (including phenoxy) is 1. The van der Waals surface area contributed by atoms with Crippen molar-refractivity contribution in [1.82, 2.24) is 14.7 Å². The van der Waals surface area contributed by atoms with Gasteiger partial charge in [-0.05, 0) is 32.0 Å². The van der Waals surface area contributed by atoms with Crippen LogP contribution in [0.3, 0.4) is 0 Å². The number of aliphatic hydroxyl groups is 1. The van der Waals surface area contributed by atoms with Gasteiger partial charge >= 0.3 is 0 Å². The molecule has 2 aliphatic heterocycles. The fourth-order valence-corrected chi connectivity index (χ4v) is 3.93. The van der Waals surface area contributed by atoms with E-state index in [1.807, 2.05) is 24.7 Å². The van der Waals surface area contributed by atoms with E-state index in [1.165, 1.54) is 6.07 Å². The molecule has 2 aromatic rings. The van der Waals surface area contributed by atoms with Crippen molar-refractivity contribution in [3.63, 3.8) is 0 Å². The highest BCUT2D eigenvalue weighted by Crippen LogP contribution is 2.44. The predicted octanol–water partition coefficient (Wildman–Crippen LogP) is 2.66. The Morgan fingerprint density at radius 3 is 2.74 bits per heavy atom. The van der Waals surface area contributed by atoms with Crippen LogP contribution in [0.5, 0.6) is 11.5 Å². The third-order valence-electron chi connectivity index (χ3n) is 5.52. The van der Waals surface area contributed by atoms with E-state index in [4.69, 9.17) is 4.74 Å². The Balaban J connectivity index is 1.47. The van der Waals surface area contributed by atoms with Gasteiger partial charge in [0.2, 0.25) is 0 Å². The van der Waals surface area contributed by atoms with Crippen LogP contribution in [0.2, 0.25) is 0 Å². The molecule has 2 aliphatic rings. The topological polar surface area (TPSA) is 87.8 Å². The molecule has 0 saturated carbocycles. The molecule has 1 atom stereocenters. The molecule has 1 unspecified atom stereocenters. The minimum atomic E-state index is -0.651. The minimum absolute atomic E-state index is 0.0859. The summed E-state index contributed by atoms with van der Waals surface area (Å²) in [6.45, 7) is 5.17. The Morgan fingerprint density at radius 1 is 1.33 bits per heavy atom. The highest BCUT2D eigenvalue weighted by Gasteiger charge is 2.45. The van der Waals surface area contributed by atoms with E-state index in [-0.39, 0.29) is 17.7 Å². The van der Waals surface area contributed by atoms with Gasteiger partial charge < -0.3 is 19.8 Å². The molecule has 7 nitrogen and oxygen atoms in total. The standard InChI is InChI=1S/C20H25N3O4/c1-13(2)23-12-17-18(21-23)16(25)11-20(27-17)6-8-22(9-7-20)19(26)14-4-3-5-15(24)10-14/h3-5,10,12-13,16,24-25H,6-9,11H2,1-2H3. The fourth-order valence-electron chi connectivity index (χ4n) is 3.93. The molecule has 4 rings (SSSR count). The van der Waals surface area contributed by atoms with E-state index >= 15 is 0 Å². The van der Waals surface area contributed by atoms with Crippen LogP contribution >= 0.6 is 0 Å². The maximum Gasteiger partial charge on any atom is 0.253 e. The maximum absolute atomic E-state index is 12.7. The van der Waals surface area contributed by atoms with Gasteiger partial charge in [0.05, 0.1) is 6.20 Å². The van der Waals surface area contributed by atoms with E-state index < -0.39 is 11.7 Å². The van der Waals surface area contributed by atoms with Crippen molar-refractivity contribution in [2.45, 2.75) is 50.9 Å². The first-order valence-corrected chi connectivity index (χ1v) is 9.41. The van der Waals surface area contributed by atoms with E-state index in [9.17, 15) is 15.0 Å². The summed E-state index contributed by atoms with van der Waals surface area (Å²) in [5.74, 6) is 0.642. The van der Waals surface area contributed by atoms with Crippen molar-refractivity contribution in [3.8, 4) is 11.5 Å². The first-order chi connectivity index (χ1) is 12.9. The van der Waals surface area contributed by atoms with Crippen LogP contribution in [0.1, 0.15) is 61.3 Å². The van der Waals surface area contributed by atoms with Gasteiger partial charge in [-0.25, -0.2) is 0 Å². The van der Waals surface area contributed by atoms with Gasteiger partial charge in [0, 0.05) is 44.0 Å². The molecule has 0 radical (unpaired) electrons. The Hall–Kier alpha value is -2.54. The number of carbonyl (C=O) groups is 1. The summed E-state index contributed by atoms with van der Waals surface area (Å²) in [5, 5.41) is 24.6. The summed E-state index contributed by atoms with van der Waals surface area (Å²) in [6.07, 6.45) is 3.00. The number of hydrogen-bond acceptors (Lipinski definition) is 5. The summed E-state index contributed by atoms with van der Waals surface area (Å²) in [5.41, 5.74) is 0.621. The highest BCUT2D eigenvalue weighted by atomic mass is 16.5. The molecular formula is C20H25N3O4. The molecule has 7 heteroatoms. The second kappa shape index (κ2) is 6.56. The number of carbonyl (C=O) groups excluding carboxylic acids is 1. The molecule has 144 valence electrons. The fraction of sp³-hybridized carbons (Fsp3) is 0.500. The van der Waals surface area contributed by atoms with Crippen LogP contribution in [0.25, 0.3) is 0 Å². The van der Waals surface area contributed by atoms with E-state index in [0.717, 1.165) is 0 Å². The summed E-state index contributed by atoms with van der Waals surface area (Å²) in [7, 11) is 0. The van der Waals surface area contributed by atoms with E-state index in [0.29, 0.717) is 49.4 Å². The van der Waals surface area contributed by atoms with Gasteiger partial charge in [-0.3, -0.25) is 9.48 Å². The molecule has 0 bridgehead atoms. The summed E-state index contributed by atoms with van der Waals surface area (Å²) in [6, 6.07) is 6.61. The number of benzene rings is 1. The van der Waals surface area contributed by atoms with Crippen molar-refractivity contribution in [2.75, 3.05) is 13.1 Å². The predicted molar refractivity (Wildman–Crippen MR) is 98.8 cm³/mol. The molecular weight excluding hydrogens is 346 g/mol. The Morgan fingerprint density at radius 2 is 2.07 bits per heavy atom. The molecule has 1 aromatic carbocycles. The first-order valence-electron chi connectivity index (χ1n) is 9.41. The number of aromatic hydroxyl groups is 1. The number of amides is 1. The number of aromatic nitrogens is 2. The molecule has 2 N–H and O–H groups in total. The van der Waals surface area contributed by atoms with Crippen LogP contribution in [-0.2, 0) is 0 Å². The number of hydrogen-bond donors (Lipinski definition) is 2. The number of phenolic OH excluding ortho intramolecular Hbond substituents is 1. The maximum atomic E-state index is 12.7. The minimum Gasteiger partial charge on any atom is -0.508 e. The van der Waals surface area contributed by atoms with Gasteiger partial charge in [-0.15, -0.1) is 0 Å². The third-order valence-corrected chi connectivity index (χ3v) is 5.52. The average molecular weight is 371 g/mol. The summed E-state index contributed by atoms with van der Waals surface area (Å²) < 4.78 is 8.11. The number of piperidine rings is 1. The number of fused-ring (bicyclic) bond motifs is 1. The van der Waals surface area contributed by atoms with Crippen molar-refractivity contribution < 1.29 is 19.7 Å². The number of rotatable bonds is 2. The Bertz CT molecular complexity index is 853. The molecule has 1 fully saturated rings. The molecule has 1 saturated heterocycles. The average Bonchev–Trinajstić information content (AvgIpc) is 3.06. The largest absolute Gasteiger partial charge is 0.508 e. The van der Waals surface area contributed by atoms with Crippen LogP contribution in [0, 0.1) is 0 Å². The smallest absolute Gasteiger partial charge is 0.253 e. The van der Waals surface area contributed by atoms with Crippen LogP contribution in [0.4, 0.5) is 0 Å². The zero-order chi connectivity index (χ0) is 19.2. The van der Waals surface area contributed by atoms with Gasteiger partial charge in [-0.1, -0.05) is 6.07 Å². The number of phenols is 1. The van der Waals surface area contributed by atoms with E-state index in [2.05, 4.69) is 5.10 Å². The SMILES string of the molecule is CC(C)n1cc2c(n1)C(O)CC1(CCN(C(=O)c3cccc(O)c3)CC1)O2. The van der Waals surface area contributed by atoms with E-state index in [1.54, 1.807) is 23.1 Å². The summed E-state index contributed by atoms with van der Waals surface area (Å²) >= 11 is 0. The normalized spacial score (nSPS) is 21.2. The number of aliphatic hydroxyl groups excluding tert-OH is 1. The van der Waals surface area contributed by atoms with Gasteiger partial charge in [0.1, 0.15) is 23.1 Å². The lowest BCUT2D eigenvalue weighted by molar-refractivity contribution is -0.0504. The van der Waals surface area contributed by atoms with Crippen molar-refractivity contribution in [3.05, 3.63) is 41.7 Å². The van der Waals surface area contributed by atoms with Crippen LogP contribution in [0.15, 0.2) is 30.5 Å². The second-order valence-corrected chi connectivity index (χ2v) is 7.80. The van der Waals surface area contributed by atoms with Crippen LogP contribution in [-0.4, -0.2) is 49.5 Å². The lowest BCUT2D eigenvalue weighted by Gasteiger charge is -2.44. The zero-order valence-electron chi connectivity index (χ0n) is 15.6. The van der Waals surface area contributed by atoms with Crippen molar-refractivity contribution >= 4 is 5.91 Å². The highest BCUT2D eigenvalue weighted by molar-refractivity contribution is 5.94. The lowest BCUT2D eigenvalue weighted by atomic mass is 9.83.